The van der Waals surface area contributed by atoms with E-state index in [-0.39, 0.29) is 5.97 Å². The Morgan fingerprint density at radius 3 is 3.00 bits per heavy atom. The van der Waals surface area contributed by atoms with Gasteiger partial charge in [0.05, 0.1) is 12.8 Å². The second kappa shape index (κ2) is 5.35. The summed E-state index contributed by atoms with van der Waals surface area (Å²) in [6.07, 6.45) is 2.77. The van der Waals surface area contributed by atoms with Crippen molar-refractivity contribution in [1.29, 1.82) is 0 Å². The van der Waals surface area contributed by atoms with Gasteiger partial charge in [0.25, 0.3) is 0 Å². The smallest absolute Gasteiger partial charge is 0.348 e. The van der Waals surface area contributed by atoms with Crippen molar-refractivity contribution in [3.8, 4) is 11.3 Å². The van der Waals surface area contributed by atoms with Gasteiger partial charge >= 0.3 is 5.97 Å². The van der Waals surface area contributed by atoms with Crippen LogP contribution in [0.25, 0.3) is 11.3 Å². The van der Waals surface area contributed by atoms with Crippen LogP contribution in [-0.4, -0.2) is 22.9 Å². The fraction of sp³-hybridized carbons (Fsp3) is 0.385. The van der Waals surface area contributed by atoms with Gasteiger partial charge in [-0.05, 0) is 30.4 Å². The highest BCUT2D eigenvalue weighted by atomic mass is 32.1. The van der Waals surface area contributed by atoms with Gasteiger partial charge < -0.3 is 4.74 Å². The highest BCUT2D eigenvalue weighted by Crippen LogP contribution is 2.32. The average molecular weight is 264 g/mol. The fourth-order valence-electron chi connectivity index (χ4n) is 1.94. The molecule has 0 fully saturated rings. The topological polar surface area (TPSA) is 44.1 Å². The number of ether oxygens (including phenoxy) is 1. The molecule has 2 aromatic rings. The molecule has 0 aromatic carbocycles. The molecule has 2 heterocycles. The standard InChI is InChI=1S/C13H16N2O2S/c1-4-7-15-10(5-6-14-15)11-9(2)8-18-12(11)13(16)17-3/h5-6,8H,4,7H2,1-3H3. The molecule has 0 atom stereocenters. The van der Waals surface area contributed by atoms with Crippen molar-refractivity contribution in [2.24, 2.45) is 0 Å². The van der Waals surface area contributed by atoms with E-state index in [2.05, 4.69) is 12.0 Å². The number of hydrogen-bond acceptors (Lipinski definition) is 4. The number of esters is 1. The molecule has 4 nitrogen and oxygen atoms in total. The number of aryl methyl sites for hydroxylation is 2. The molecular weight excluding hydrogens is 248 g/mol. The maximum atomic E-state index is 11.8. The summed E-state index contributed by atoms with van der Waals surface area (Å²) in [6, 6.07) is 1.94. The highest BCUT2D eigenvalue weighted by Gasteiger charge is 2.20. The highest BCUT2D eigenvalue weighted by molar-refractivity contribution is 7.12. The van der Waals surface area contributed by atoms with Crippen LogP contribution >= 0.6 is 11.3 Å². The number of nitrogens with zero attached hydrogens (tertiary/aromatic N) is 2. The van der Waals surface area contributed by atoms with Crippen LogP contribution in [0.15, 0.2) is 17.6 Å². The van der Waals surface area contributed by atoms with E-state index in [9.17, 15) is 4.79 Å². The first kappa shape index (κ1) is 12.8. The zero-order valence-corrected chi connectivity index (χ0v) is 11.6. The van der Waals surface area contributed by atoms with Gasteiger partial charge in [-0.1, -0.05) is 6.92 Å². The quantitative estimate of drug-likeness (QED) is 0.797. The van der Waals surface area contributed by atoms with Gasteiger partial charge in [0.1, 0.15) is 4.88 Å². The number of methoxy groups -OCH3 is 1. The average Bonchev–Trinajstić information content (AvgIpc) is 2.95. The molecule has 18 heavy (non-hydrogen) atoms. The first-order chi connectivity index (χ1) is 8.69. The van der Waals surface area contributed by atoms with Crippen LogP contribution in [0.2, 0.25) is 0 Å². The molecule has 0 N–H and O–H groups in total. The lowest BCUT2D eigenvalue weighted by Gasteiger charge is -2.08. The third-order valence-electron chi connectivity index (χ3n) is 2.75. The molecule has 96 valence electrons. The number of carbonyl (C=O) groups is 1. The predicted octanol–water partition coefficient (Wildman–Crippen LogP) is 3.12. The van der Waals surface area contributed by atoms with E-state index < -0.39 is 0 Å². The van der Waals surface area contributed by atoms with E-state index in [1.54, 1.807) is 6.20 Å². The van der Waals surface area contributed by atoms with Crippen LogP contribution in [0, 0.1) is 6.92 Å². The summed E-state index contributed by atoms with van der Waals surface area (Å²) in [5.41, 5.74) is 3.01. The van der Waals surface area contributed by atoms with Gasteiger partial charge in [0.15, 0.2) is 0 Å². The van der Waals surface area contributed by atoms with Crippen molar-refractivity contribution >= 4 is 17.3 Å². The summed E-state index contributed by atoms with van der Waals surface area (Å²) < 4.78 is 6.76. The summed E-state index contributed by atoms with van der Waals surface area (Å²) in [4.78, 5) is 12.4. The molecule has 2 aromatic heterocycles. The zero-order chi connectivity index (χ0) is 13.1. The number of carbonyl (C=O) groups excluding carboxylic acids is 1. The van der Waals surface area contributed by atoms with Gasteiger partial charge in [-0.25, -0.2) is 4.79 Å². The largest absolute Gasteiger partial charge is 0.465 e. The van der Waals surface area contributed by atoms with Crippen molar-refractivity contribution in [2.45, 2.75) is 26.8 Å². The van der Waals surface area contributed by atoms with E-state index in [1.807, 2.05) is 23.1 Å². The summed E-state index contributed by atoms with van der Waals surface area (Å²) in [5.74, 6) is -0.285. The van der Waals surface area contributed by atoms with E-state index >= 15 is 0 Å². The van der Waals surface area contributed by atoms with Crippen LogP contribution in [0.3, 0.4) is 0 Å². The van der Waals surface area contributed by atoms with Crippen molar-refractivity contribution in [3.05, 3.63) is 28.1 Å². The molecule has 0 saturated carbocycles. The zero-order valence-electron chi connectivity index (χ0n) is 10.8. The van der Waals surface area contributed by atoms with Gasteiger partial charge in [-0.15, -0.1) is 11.3 Å². The minimum absolute atomic E-state index is 0.285. The van der Waals surface area contributed by atoms with Crippen LogP contribution < -0.4 is 0 Å². The lowest BCUT2D eigenvalue weighted by molar-refractivity contribution is 0.0607. The molecule has 0 radical (unpaired) electrons. The molecule has 0 aliphatic rings. The van der Waals surface area contributed by atoms with E-state index in [0.717, 1.165) is 29.8 Å². The number of hydrogen-bond donors (Lipinski definition) is 0. The molecule has 0 aliphatic carbocycles. The number of thiophene rings is 1. The van der Waals surface area contributed by atoms with Gasteiger partial charge in [-0.2, -0.15) is 5.10 Å². The van der Waals surface area contributed by atoms with Crippen LogP contribution in [-0.2, 0) is 11.3 Å². The molecule has 0 spiro atoms. The van der Waals surface area contributed by atoms with Gasteiger partial charge in [0.2, 0.25) is 0 Å². The van der Waals surface area contributed by atoms with E-state index in [1.165, 1.54) is 18.4 Å². The summed E-state index contributed by atoms with van der Waals surface area (Å²) >= 11 is 1.42. The number of rotatable bonds is 4. The molecule has 5 heteroatoms. The lowest BCUT2D eigenvalue weighted by atomic mass is 10.1. The Morgan fingerprint density at radius 1 is 1.56 bits per heavy atom. The minimum atomic E-state index is -0.285. The Morgan fingerprint density at radius 2 is 2.33 bits per heavy atom. The van der Waals surface area contributed by atoms with Gasteiger partial charge in [0, 0.05) is 18.3 Å². The van der Waals surface area contributed by atoms with Crippen molar-refractivity contribution in [3.63, 3.8) is 0 Å². The Bertz CT molecular complexity index is 557. The second-order valence-corrected chi connectivity index (χ2v) is 4.93. The molecule has 0 unspecified atom stereocenters. The monoisotopic (exact) mass is 264 g/mol. The fourth-order valence-corrected chi connectivity index (χ4v) is 2.92. The second-order valence-electron chi connectivity index (χ2n) is 4.05. The molecule has 0 saturated heterocycles. The summed E-state index contributed by atoms with van der Waals surface area (Å²) in [6.45, 7) is 4.95. The molecule has 0 aliphatic heterocycles. The Labute approximate surface area is 110 Å². The van der Waals surface area contributed by atoms with E-state index in [0.29, 0.717) is 4.88 Å². The Balaban J connectivity index is 2.52. The molecule has 0 amide bonds. The van der Waals surface area contributed by atoms with Gasteiger partial charge in [-0.3, -0.25) is 4.68 Å². The van der Waals surface area contributed by atoms with E-state index in [4.69, 9.17) is 4.74 Å². The molecule has 2 rings (SSSR count). The first-order valence-corrected chi connectivity index (χ1v) is 6.75. The molecular formula is C13H16N2O2S. The predicted molar refractivity (Wildman–Crippen MR) is 71.9 cm³/mol. The maximum Gasteiger partial charge on any atom is 0.348 e. The van der Waals surface area contributed by atoms with Crippen LogP contribution in [0.5, 0.6) is 0 Å². The van der Waals surface area contributed by atoms with Crippen molar-refractivity contribution in [2.75, 3.05) is 7.11 Å². The molecule has 0 bridgehead atoms. The van der Waals surface area contributed by atoms with Crippen LogP contribution in [0.4, 0.5) is 0 Å². The normalized spacial score (nSPS) is 10.6. The maximum absolute atomic E-state index is 11.8. The van der Waals surface area contributed by atoms with Crippen LogP contribution in [0.1, 0.15) is 28.6 Å². The number of aromatic nitrogens is 2. The summed E-state index contributed by atoms with van der Waals surface area (Å²) in [7, 11) is 1.41. The summed E-state index contributed by atoms with van der Waals surface area (Å²) in [5, 5.41) is 6.28. The Kier molecular flexibility index (Phi) is 3.81. The lowest BCUT2D eigenvalue weighted by Crippen LogP contribution is -2.05. The first-order valence-electron chi connectivity index (χ1n) is 5.87. The Hall–Kier alpha value is -1.62. The van der Waals surface area contributed by atoms with Crippen molar-refractivity contribution < 1.29 is 9.53 Å². The third kappa shape index (κ3) is 2.18. The SMILES string of the molecule is CCCn1nccc1-c1c(C)csc1C(=O)OC. The van der Waals surface area contributed by atoms with Crippen molar-refractivity contribution in [1.82, 2.24) is 9.78 Å². The minimum Gasteiger partial charge on any atom is -0.465 e. The third-order valence-corrected chi connectivity index (χ3v) is 3.83.